The molecule has 0 fully saturated rings. The van der Waals surface area contributed by atoms with Gasteiger partial charge >= 0.3 is 0 Å². The van der Waals surface area contributed by atoms with Crippen molar-refractivity contribution >= 4 is 59.3 Å². The molecule has 1 aliphatic rings. The molecule has 0 bridgehead atoms. The largest absolute Gasteiger partial charge is 0.309 e. The van der Waals surface area contributed by atoms with E-state index in [-0.39, 0.29) is 0 Å². The van der Waals surface area contributed by atoms with Crippen LogP contribution < -0.4 is 4.90 Å². The minimum atomic E-state index is -0.521. The molecule has 1 aliphatic carbocycles. The number of para-hydroxylation sites is 1. The molecule has 1 nitrogen and oxygen atoms in total. The molecule has 0 N–H and O–H groups in total. The van der Waals surface area contributed by atoms with Crippen molar-refractivity contribution in [1.29, 1.82) is 0 Å². The van der Waals surface area contributed by atoms with E-state index in [4.69, 9.17) is 0 Å². The van der Waals surface area contributed by atoms with Crippen molar-refractivity contribution in [2.45, 2.75) is 5.41 Å². The highest BCUT2D eigenvalue weighted by Crippen LogP contribution is 2.60. The van der Waals surface area contributed by atoms with Gasteiger partial charge in [0.15, 0.2) is 0 Å². The smallest absolute Gasteiger partial charge is 0.0714 e. The van der Waals surface area contributed by atoms with Crippen LogP contribution in [0.4, 0.5) is 17.1 Å². The molecule has 11 aromatic rings. The van der Waals surface area contributed by atoms with Gasteiger partial charge in [0.25, 0.3) is 0 Å². The van der Waals surface area contributed by atoms with Crippen LogP contribution in [0.1, 0.15) is 22.3 Å². The number of benzene rings is 10. The summed E-state index contributed by atoms with van der Waals surface area (Å²) < 4.78 is 2.61. The molecule has 0 amide bonds. The predicted octanol–water partition coefficient (Wildman–Crippen LogP) is 16.4. The Labute approximate surface area is 360 Å². The minimum Gasteiger partial charge on any atom is -0.309 e. The average molecular weight is 794 g/mol. The van der Waals surface area contributed by atoms with Gasteiger partial charge in [-0.15, -0.1) is 11.3 Å². The third-order valence-corrected chi connectivity index (χ3v) is 13.9. The molecule has 1 heterocycles. The first-order valence-corrected chi connectivity index (χ1v) is 21.8. The second-order valence-electron chi connectivity index (χ2n) is 16.0. The monoisotopic (exact) mass is 793 g/mol. The van der Waals surface area contributed by atoms with Crippen LogP contribution in [0, 0.1) is 0 Å². The summed E-state index contributed by atoms with van der Waals surface area (Å²) >= 11 is 1.87. The SMILES string of the molecule is c1ccc(C2(c3ccccc3)c3ccccc3-c3c(N(c4cccc(-c5cccc6ccccc56)c4)c4ccccc4-c4ccc5c(c4)sc4ccccc45)cccc32)cc1. The highest BCUT2D eigenvalue weighted by atomic mass is 32.1. The Morgan fingerprint density at radius 1 is 0.344 bits per heavy atom. The molecular weight excluding hydrogens is 755 g/mol. The van der Waals surface area contributed by atoms with Gasteiger partial charge in [-0.1, -0.05) is 200 Å². The zero-order chi connectivity index (χ0) is 40.3. The number of rotatable bonds is 7. The third-order valence-electron chi connectivity index (χ3n) is 12.7. The first kappa shape index (κ1) is 35.4. The molecule has 61 heavy (non-hydrogen) atoms. The first-order chi connectivity index (χ1) is 30.3. The number of anilines is 3. The van der Waals surface area contributed by atoms with E-state index in [2.05, 4.69) is 241 Å². The summed E-state index contributed by atoms with van der Waals surface area (Å²) in [6.45, 7) is 0. The molecule has 0 spiro atoms. The maximum absolute atomic E-state index is 2.53. The van der Waals surface area contributed by atoms with Crippen molar-refractivity contribution in [3.63, 3.8) is 0 Å². The summed E-state index contributed by atoms with van der Waals surface area (Å²) in [5, 5.41) is 5.10. The van der Waals surface area contributed by atoms with Gasteiger partial charge < -0.3 is 4.90 Å². The lowest BCUT2D eigenvalue weighted by atomic mass is 9.68. The van der Waals surface area contributed by atoms with E-state index in [1.54, 1.807) is 0 Å². The highest BCUT2D eigenvalue weighted by Gasteiger charge is 2.47. The fraction of sp³-hybridized carbons (Fsp3) is 0.0169. The Hall–Kier alpha value is -7.52. The molecule has 1 aromatic heterocycles. The predicted molar refractivity (Wildman–Crippen MR) is 260 cm³/mol. The molecule has 0 atom stereocenters. The van der Waals surface area contributed by atoms with Crippen LogP contribution in [0.2, 0.25) is 0 Å². The summed E-state index contributed by atoms with van der Waals surface area (Å²) in [7, 11) is 0. The fourth-order valence-corrected chi connectivity index (χ4v) is 11.3. The Kier molecular flexibility index (Phi) is 8.33. The van der Waals surface area contributed by atoms with E-state index in [0.29, 0.717) is 0 Å². The zero-order valence-corrected chi connectivity index (χ0v) is 34.2. The first-order valence-electron chi connectivity index (χ1n) is 21.0. The second-order valence-corrected chi connectivity index (χ2v) is 17.0. The van der Waals surface area contributed by atoms with Crippen molar-refractivity contribution in [3.8, 4) is 33.4 Å². The average Bonchev–Trinajstić information content (AvgIpc) is 3.86. The number of hydrogen-bond acceptors (Lipinski definition) is 2. The van der Waals surface area contributed by atoms with E-state index in [1.807, 2.05) is 11.3 Å². The summed E-state index contributed by atoms with van der Waals surface area (Å²) in [6.07, 6.45) is 0. The topological polar surface area (TPSA) is 3.24 Å². The van der Waals surface area contributed by atoms with Crippen LogP contribution in [-0.4, -0.2) is 0 Å². The highest BCUT2D eigenvalue weighted by molar-refractivity contribution is 7.25. The fourth-order valence-electron chi connectivity index (χ4n) is 10.2. The van der Waals surface area contributed by atoms with Gasteiger partial charge in [0.05, 0.1) is 16.8 Å². The van der Waals surface area contributed by atoms with Crippen molar-refractivity contribution in [1.82, 2.24) is 0 Å². The van der Waals surface area contributed by atoms with Crippen molar-refractivity contribution < 1.29 is 0 Å². The lowest BCUT2D eigenvalue weighted by Gasteiger charge is -2.34. The van der Waals surface area contributed by atoms with Gasteiger partial charge in [-0.05, 0) is 91.7 Å². The van der Waals surface area contributed by atoms with Gasteiger partial charge in [-0.25, -0.2) is 0 Å². The molecule has 2 heteroatoms. The maximum atomic E-state index is 2.53. The number of hydrogen-bond donors (Lipinski definition) is 0. The van der Waals surface area contributed by atoms with Gasteiger partial charge in [0, 0.05) is 37.0 Å². The third kappa shape index (κ3) is 5.53. The molecular formula is C59H39NS. The van der Waals surface area contributed by atoms with E-state index in [1.165, 1.54) is 86.6 Å². The number of thiophene rings is 1. The Morgan fingerprint density at radius 2 is 0.918 bits per heavy atom. The van der Waals surface area contributed by atoms with Gasteiger partial charge in [-0.2, -0.15) is 0 Å². The molecule has 286 valence electrons. The Balaban J connectivity index is 1.15. The normalized spacial score (nSPS) is 12.7. The number of nitrogens with zero attached hydrogens (tertiary/aromatic N) is 1. The van der Waals surface area contributed by atoms with E-state index in [9.17, 15) is 0 Å². The van der Waals surface area contributed by atoms with Crippen molar-refractivity contribution in [3.05, 3.63) is 259 Å². The van der Waals surface area contributed by atoms with Crippen LogP contribution in [0.25, 0.3) is 64.3 Å². The summed E-state index contributed by atoms with van der Waals surface area (Å²) in [5.74, 6) is 0. The quantitative estimate of drug-likeness (QED) is 0.155. The maximum Gasteiger partial charge on any atom is 0.0714 e. The number of fused-ring (bicyclic) bond motifs is 7. The molecule has 0 unspecified atom stereocenters. The van der Waals surface area contributed by atoms with E-state index < -0.39 is 5.41 Å². The molecule has 0 radical (unpaired) electrons. The van der Waals surface area contributed by atoms with Crippen LogP contribution in [0.15, 0.2) is 237 Å². The second kappa shape index (κ2) is 14.3. The summed E-state index contributed by atoms with van der Waals surface area (Å²) in [6, 6.07) is 87.4. The Morgan fingerprint density at radius 3 is 1.75 bits per heavy atom. The lowest BCUT2D eigenvalue weighted by molar-refractivity contribution is 0.768. The van der Waals surface area contributed by atoms with Crippen LogP contribution in [-0.2, 0) is 5.41 Å². The van der Waals surface area contributed by atoms with Crippen LogP contribution >= 0.6 is 11.3 Å². The van der Waals surface area contributed by atoms with Crippen LogP contribution in [0.3, 0.4) is 0 Å². The zero-order valence-electron chi connectivity index (χ0n) is 33.4. The van der Waals surface area contributed by atoms with Crippen molar-refractivity contribution in [2.24, 2.45) is 0 Å². The summed E-state index contributed by atoms with van der Waals surface area (Å²) in [4.78, 5) is 2.53. The molecule has 10 aromatic carbocycles. The molecule has 0 saturated carbocycles. The summed E-state index contributed by atoms with van der Waals surface area (Å²) in [5.41, 5.74) is 15.2. The Bertz CT molecular complexity index is 3390. The van der Waals surface area contributed by atoms with E-state index >= 15 is 0 Å². The van der Waals surface area contributed by atoms with Crippen LogP contribution in [0.5, 0.6) is 0 Å². The minimum absolute atomic E-state index is 0.521. The lowest BCUT2D eigenvalue weighted by Crippen LogP contribution is -2.28. The van der Waals surface area contributed by atoms with Gasteiger partial charge in [-0.3, -0.25) is 0 Å². The molecule has 0 saturated heterocycles. The molecule has 0 aliphatic heterocycles. The van der Waals surface area contributed by atoms with E-state index in [0.717, 1.165) is 17.1 Å². The standard InChI is InChI=1S/C59H39NS/c1-3-21-43(22-4-1)59(44-23-5-2-6-24-44)52-31-12-9-29-51(52)58-53(59)32-17-34-55(58)60(45-25-15-20-41(38-45)47-30-16-19-40-18-7-8-26-46(40)47)54-33-13-10-27-48(54)42-36-37-50-49-28-11-14-35-56(49)61-57(50)39-42/h1-39H. The van der Waals surface area contributed by atoms with Gasteiger partial charge in [0.2, 0.25) is 0 Å². The molecule has 12 rings (SSSR count). The van der Waals surface area contributed by atoms with Gasteiger partial charge in [0.1, 0.15) is 0 Å². The van der Waals surface area contributed by atoms with Crippen molar-refractivity contribution in [2.75, 3.05) is 4.90 Å².